The molecule has 49 heavy (non-hydrogen) atoms. The zero-order valence-corrected chi connectivity index (χ0v) is 42.0. The summed E-state index contributed by atoms with van der Waals surface area (Å²) in [7, 11) is 0. The van der Waals surface area contributed by atoms with Crippen LogP contribution in [0.2, 0.25) is 0 Å². The highest BCUT2D eigenvalue weighted by molar-refractivity contribution is 3.54. The molecule has 0 saturated heterocycles. The van der Waals surface area contributed by atoms with Gasteiger partial charge in [0, 0.05) is 0 Å². The van der Waals surface area contributed by atoms with Crippen LogP contribution in [0, 0.1) is 0 Å². The van der Waals surface area contributed by atoms with Crippen molar-refractivity contribution in [2.24, 2.45) is 0 Å². The summed E-state index contributed by atoms with van der Waals surface area (Å²) >= 11 is 0. The molecule has 0 aliphatic heterocycles. The van der Waals surface area contributed by atoms with E-state index in [1.165, 1.54) is 0 Å². The molecular formula is C49H154. The van der Waals surface area contributed by atoms with Crippen molar-refractivity contribution in [3.63, 3.8) is 0 Å². The maximum atomic E-state index is 2.00. The van der Waals surface area contributed by atoms with E-state index in [1.54, 1.807) is 0 Å². The number of rotatable bonds is 0. The minimum Gasteiger partial charge on any atom is -0.0776 e. The SMILES string of the molecule is C.C.C.C.C.C.C.CC.CC.CC.CC.CC.CC.CC.CC.CC.CC.CC.CC.CC.CC.CC.CC.CC.CC.CC.CC.CC. The van der Waals surface area contributed by atoms with Crippen molar-refractivity contribution < 1.29 is 0 Å². The number of hydrogen-bond acceptors (Lipinski definition) is 0. The molecule has 0 saturated carbocycles. The fourth-order valence-corrected chi connectivity index (χ4v) is 0. The second kappa shape index (κ2) is 0. The molecule has 0 fully saturated rings. The average molecular weight is 744 g/mol. The summed E-state index contributed by atoms with van der Waals surface area (Å²) in [6, 6.07) is 0. The first kappa shape index (κ1) is 256. The molecule has 0 atom stereocenters. The lowest BCUT2D eigenvalue weighted by molar-refractivity contribution is 1.50. The van der Waals surface area contributed by atoms with Crippen LogP contribution in [-0.2, 0) is 0 Å². The predicted octanol–water partition coefficient (Wildman–Crippen LogP) is 26.0. The minimum atomic E-state index is 0. The van der Waals surface area contributed by atoms with Gasteiger partial charge in [-0.05, 0) is 0 Å². The second-order valence-electron chi connectivity index (χ2n) is 0. The van der Waals surface area contributed by atoms with Crippen LogP contribution >= 0.6 is 0 Å². The second-order valence-corrected chi connectivity index (χ2v) is 0. The predicted molar refractivity (Wildman–Crippen MR) is 285 cm³/mol. The molecule has 0 aromatic heterocycles. The lowest BCUT2D eigenvalue weighted by atomic mass is 11.0. The van der Waals surface area contributed by atoms with Gasteiger partial charge in [0.1, 0.15) is 0 Å². The first-order chi connectivity index (χ1) is 21.0. The Morgan fingerprint density at radius 2 is 0.0612 bits per heavy atom. The lowest BCUT2D eigenvalue weighted by Gasteiger charge is -1.07. The summed E-state index contributed by atoms with van der Waals surface area (Å²) in [5, 5.41) is 0. The van der Waals surface area contributed by atoms with E-state index in [1.807, 2.05) is 291 Å². The van der Waals surface area contributed by atoms with Crippen molar-refractivity contribution >= 4 is 0 Å². The van der Waals surface area contributed by atoms with E-state index < -0.39 is 0 Å². The van der Waals surface area contributed by atoms with Crippen LogP contribution in [0.3, 0.4) is 0 Å². The molecule has 0 aliphatic carbocycles. The van der Waals surface area contributed by atoms with Gasteiger partial charge >= 0.3 is 0 Å². The molecule has 0 aliphatic rings. The van der Waals surface area contributed by atoms with Crippen molar-refractivity contribution in [3.8, 4) is 0 Å². The van der Waals surface area contributed by atoms with E-state index in [0.29, 0.717) is 0 Å². The van der Waals surface area contributed by atoms with Crippen LogP contribution in [0.1, 0.15) is 343 Å². The van der Waals surface area contributed by atoms with Crippen LogP contribution in [-0.4, -0.2) is 0 Å². The molecule has 0 rings (SSSR count). The van der Waals surface area contributed by atoms with Gasteiger partial charge in [-0.15, -0.1) is 0 Å². The third kappa shape index (κ3) is 0. The highest BCUT2D eigenvalue weighted by Crippen LogP contribution is 1.18. The summed E-state index contributed by atoms with van der Waals surface area (Å²) in [6.45, 7) is 84.0. The summed E-state index contributed by atoms with van der Waals surface area (Å²) in [5.74, 6) is 0. The van der Waals surface area contributed by atoms with Gasteiger partial charge in [0.05, 0.1) is 0 Å². The molecule has 0 aromatic carbocycles. The Labute approximate surface area is 341 Å². The van der Waals surface area contributed by atoms with Crippen molar-refractivity contribution in [1.29, 1.82) is 0 Å². The highest BCUT2D eigenvalue weighted by Gasteiger charge is 0.972. The van der Waals surface area contributed by atoms with E-state index in [9.17, 15) is 0 Å². The third-order valence-corrected chi connectivity index (χ3v) is 0. The fourth-order valence-electron chi connectivity index (χ4n) is 0. The summed E-state index contributed by atoms with van der Waals surface area (Å²) in [4.78, 5) is 0. The van der Waals surface area contributed by atoms with Crippen molar-refractivity contribution in [3.05, 3.63) is 0 Å². The topological polar surface area (TPSA) is 0 Å². The Morgan fingerprint density at radius 3 is 0.0612 bits per heavy atom. The zero-order valence-electron chi connectivity index (χ0n) is 42.0. The normalized spacial score (nSPS) is 2.57. The molecule has 0 spiro atoms. The first-order valence-electron chi connectivity index (χ1n) is 21.0. The number of hydrogen-bond donors (Lipinski definition) is 0. The Kier molecular flexibility index (Phi) is 0. The largest absolute Gasteiger partial charge is 0.0776 e. The molecular weight excluding hydrogens is 589 g/mol. The van der Waals surface area contributed by atoms with Gasteiger partial charge in [0.25, 0.3) is 0 Å². The molecule has 0 heteroatoms. The van der Waals surface area contributed by atoms with Gasteiger partial charge in [-0.3, -0.25) is 0 Å². The molecule has 0 bridgehead atoms. The maximum absolute atomic E-state index is 2.00. The summed E-state index contributed by atoms with van der Waals surface area (Å²) in [6.07, 6.45) is 0. The Bertz CT molecular complexity index is 0. The van der Waals surface area contributed by atoms with Gasteiger partial charge in [0.15, 0.2) is 0 Å². The lowest BCUT2D eigenvalue weighted by Crippen LogP contribution is -0.856. The average Bonchev–Trinajstić information content (AvgIpc) is 3.24. The molecule has 0 aromatic rings. The highest BCUT2D eigenvalue weighted by atomic mass is 13.1. The standard InChI is InChI=1S/21C2H6.7CH4/c21*1-2;;;;;;;/h21*1-2H3;7*1H4. The monoisotopic (exact) mass is 743 g/mol. The van der Waals surface area contributed by atoms with E-state index in [0.717, 1.165) is 0 Å². The molecule has 0 N–H and O–H groups in total. The summed E-state index contributed by atoms with van der Waals surface area (Å²) < 4.78 is 0. The molecule has 0 amide bonds. The van der Waals surface area contributed by atoms with E-state index >= 15 is 0 Å². The van der Waals surface area contributed by atoms with E-state index in [2.05, 4.69) is 0 Å². The van der Waals surface area contributed by atoms with Gasteiger partial charge in [-0.25, -0.2) is 0 Å². The van der Waals surface area contributed by atoms with Crippen LogP contribution < -0.4 is 0 Å². The van der Waals surface area contributed by atoms with Gasteiger partial charge < -0.3 is 0 Å². The van der Waals surface area contributed by atoms with Gasteiger partial charge in [0.2, 0.25) is 0 Å². The van der Waals surface area contributed by atoms with Crippen LogP contribution in [0.25, 0.3) is 0 Å². The maximum Gasteiger partial charge on any atom is -0.0683 e. The Morgan fingerprint density at radius 1 is 0.0612 bits per heavy atom. The van der Waals surface area contributed by atoms with Crippen LogP contribution in [0.15, 0.2) is 0 Å². The third-order valence-electron chi connectivity index (χ3n) is 0. The van der Waals surface area contributed by atoms with Crippen molar-refractivity contribution in [2.75, 3.05) is 0 Å². The minimum absolute atomic E-state index is 0. The molecule has 0 unspecified atom stereocenters. The molecule has 0 heterocycles. The fraction of sp³-hybridized carbons (Fsp3) is 1.00. The smallest absolute Gasteiger partial charge is 0.0683 e. The van der Waals surface area contributed by atoms with Crippen molar-refractivity contribution in [2.45, 2.75) is 343 Å². The molecule has 0 radical (unpaired) electrons. The van der Waals surface area contributed by atoms with Gasteiger partial charge in [-0.1, -0.05) is 343 Å². The van der Waals surface area contributed by atoms with E-state index in [4.69, 9.17) is 0 Å². The molecule has 0 nitrogen and oxygen atoms in total. The van der Waals surface area contributed by atoms with E-state index in [-0.39, 0.29) is 52.0 Å². The van der Waals surface area contributed by atoms with Crippen LogP contribution in [0.4, 0.5) is 0 Å². The van der Waals surface area contributed by atoms with Gasteiger partial charge in [-0.2, -0.15) is 0 Å². The van der Waals surface area contributed by atoms with Crippen molar-refractivity contribution in [1.82, 2.24) is 0 Å². The quantitative estimate of drug-likeness (QED) is 0.232. The zero-order chi connectivity index (χ0) is 42.0. The first-order valence-corrected chi connectivity index (χ1v) is 21.0. The van der Waals surface area contributed by atoms with Crippen LogP contribution in [0.5, 0.6) is 0 Å². The Hall–Kier alpha value is 0. The summed E-state index contributed by atoms with van der Waals surface area (Å²) in [5.41, 5.74) is 0. The molecule has 350 valence electrons. The Balaban J connectivity index is -0.00000000361.